The number of hydrogen-bond donors (Lipinski definition) is 2. The number of nitrogens with one attached hydrogen (secondary N) is 1. The number of carbonyl (C=O) groups excluding carboxylic acids is 1. The first-order chi connectivity index (χ1) is 13.9. The van der Waals surface area contributed by atoms with Crippen molar-refractivity contribution in [3.8, 4) is 0 Å². The van der Waals surface area contributed by atoms with Crippen LogP contribution in [0, 0.1) is 6.92 Å². The van der Waals surface area contributed by atoms with Gasteiger partial charge in [0.05, 0.1) is 23.1 Å². The maximum Gasteiger partial charge on any atom is 0.267 e. The number of carbonyl (C=O) groups is 1. The van der Waals surface area contributed by atoms with E-state index in [1.165, 1.54) is 15.4 Å². The van der Waals surface area contributed by atoms with Gasteiger partial charge in [-0.3, -0.25) is 18.9 Å². The smallest absolute Gasteiger partial charge is 0.267 e. The first-order valence-electron chi connectivity index (χ1n) is 9.16. The predicted molar refractivity (Wildman–Crippen MR) is 121 cm³/mol. The van der Waals surface area contributed by atoms with Gasteiger partial charge in [0, 0.05) is 12.7 Å². The van der Waals surface area contributed by atoms with Crippen molar-refractivity contribution < 1.29 is 9.90 Å². The highest BCUT2D eigenvalue weighted by molar-refractivity contribution is 8.26. The molecular formula is C20H22N4O3S2. The van der Waals surface area contributed by atoms with Gasteiger partial charge in [-0.1, -0.05) is 43.0 Å². The van der Waals surface area contributed by atoms with Gasteiger partial charge in [-0.25, -0.2) is 4.98 Å². The molecule has 1 amide bonds. The molecule has 0 aromatic carbocycles. The largest absolute Gasteiger partial charge is 0.394 e. The van der Waals surface area contributed by atoms with Gasteiger partial charge < -0.3 is 10.4 Å². The summed E-state index contributed by atoms with van der Waals surface area (Å²) in [6.07, 6.45) is 5.42. The Labute approximate surface area is 178 Å². The van der Waals surface area contributed by atoms with Crippen molar-refractivity contribution >= 4 is 51.7 Å². The number of amides is 1. The number of aliphatic hydroxyl groups is 1. The Bertz CT molecular complexity index is 1070. The monoisotopic (exact) mass is 430 g/mol. The molecule has 3 heterocycles. The Balaban J connectivity index is 2.19. The quantitative estimate of drug-likeness (QED) is 0.397. The zero-order chi connectivity index (χ0) is 21.1. The highest BCUT2D eigenvalue weighted by Crippen LogP contribution is 2.33. The molecule has 1 unspecified atom stereocenters. The normalized spacial score (nSPS) is 16.7. The van der Waals surface area contributed by atoms with Crippen LogP contribution in [0.5, 0.6) is 0 Å². The third-order valence-corrected chi connectivity index (χ3v) is 5.98. The summed E-state index contributed by atoms with van der Waals surface area (Å²) in [6, 6.07) is 3.37. The van der Waals surface area contributed by atoms with Crippen molar-refractivity contribution in [1.29, 1.82) is 0 Å². The van der Waals surface area contributed by atoms with Gasteiger partial charge in [0.2, 0.25) is 0 Å². The Morgan fingerprint density at radius 1 is 1.45 bits per heavy atom. The minimum absolute atomic E-state index is 0.105. The predicted octanol–water partition coefficient (Wildman–Crippen LogP) is 2.57. The van der Waals surface area contributed by atoms with Gasteiger partial charge in [-0.05, 0) is 31.1 Å². The maximum absolute atomic E-state index is 13.2. The summed E-state index contributed by atoms with van der Waals surface area (Å²) >= 11 is 6.42. The summed E-state index contributed by atoms with van der Waals surface area (Å²) < 4.78 is 1.87. The zero-order valence-electron chi connectivity index (χ0n) is 16.2. The van der Waals surface area contributed by atoms with Crippen molar-refractivity contribution in [2.75, 3.05) is 18.5 Å². The van der Waals surface area contributed by atoms with Crippen LogP contribution in [-0.4, -0.2) is 48.8 Å². The van der Waals surface area contributed by atoms with E-state index in [9.17, 15) is 14.7 Å². The first-order valence-corrected chi connectivity index (χ1v) is 10.4. The highest BCUT2D eigenvalue weighted by atomic mass is 32.2. The summed E-state index contributed by atoms with van der Waals surface area (Å²) in [7, 11) is 0. The molecule has 2 N–H and O–H groups in total. The molecule has 3 rings (SSSR count). The number of thioether (sulfide) groups is 1. The first kappa shape index (κ1) is 21.2. The van der Waals surface area contributed by atoms with E-state index in [1.54, 1.807) is 18.3 Å². The SMILES string of the molecule is C=CCN1C(=O)C(=Cc2c(NC(CC)CO)nc3c(C)cccn3c2=O)SC1=S. The third kappa shape index (κ3) is 4.12. The Morgan fingerprint density at radius 3 is 2.86 bits per heavy atom. The molecule has 0 aliphatic carbocycles. The van der Waals surface area contributed by atoms with Crippen LogP contribution in [-0.2, 0) is 4.79 Å². The van der Waals surface area contributed by atoms with Crippen LogP contribution in [0.1, 0.15) is 24.5 Å². The molecule has 1 atom stereocenters. The van der Waals surface area contributed by atoms with E-state index in [2.05, 4.69) is 16.9 Å². The second-order valence-corrected chi connectivity index (χ2v) is 8.25. The van der Waals surface area contributed by atoms with Crippen LogP contribution < -0.4 is 10.9 Å². The average Bonchev–Trinajstić information content (AvgIpc) is 2.97. The minimum atomic E-state index is -0.303. The molecule has 1 aliphatic rings. The Kier molecular flexibility index (Phi) is 6.51. The molecule has 0 spiro atoms. The lowest BCUT2D eigenvalue weighted by Crippen LogP contribution is -2.29. The Morgan fingerprint density at radius 2 is 2.21 bits per heavy atom. The average molecular weight is 431 g/mol. The molecule has 9 heteroatoms. The van der Waals surface area contributed by atoms with E-state index >= 15 is 0 Å². The number of anilines is 1. The molecule has 1 saturated heterocycles. The fourth-order valence-corrected chi connectivity index (χ4v) is 4.20. The molecule has 2 aromatic heterocycles. The molecule has 152 valence electrons. The number of aryl methyl sites for hydroxylation is 1. The van der Waals surface area contributed by atoms with Crippen molar-refractivity contribution in [1.82, 2.24) is 14.3 Å². The van der Waals surface area contributed by atoms with E-state index in [-0.39, 0.29) is 29.7 Å². The van der Waals surface area contributed by atoms with Crippen LogP contribution in [0.15, 0.2) is 40.7 Å². The number of pyridine rings is 1. The molecule has 0 bridgehead atoms. The van der Waals surface area contributed by atoms with Crippen molar-refractivity contribution in [2.45, 2.75) is 26.3 Å². The van der Waals surface area contributed by atoms with E-state index in [0.29, 0.717) is 33.7 Å². The third-order valence-electron chi connectivity index (χ3n) is 4.60. The van der Waals surface area contributed by atoms with Gasteiger partial charge in [0.25, 0.3) is 11.5 Å². The second kappa shape index (κ2) is 8.89. The number of thiocarbonyl (C=S) groups is 1. The van der Waals surface area contributed by atoms with Crippen molar-refractivity contribution in [3.05, 3.63) is 57.4 Å². The number of hydrogen-bond acceptors (Lipinski definition) is 7. The van der Waals surface area contributed by atoms with Gasteiger partial charge in [0.1, 0.15) is 15.8 Å². The van der Waals surface area contributed by atoms with Crippen LogP contribution in [0.4, 0.5) is 5.82 Å². The molecule has 2 aromatic rings. The Hall–Kier alpha value is -2.49. The van der Waals surface area contributed by atoms with E-state index < -0.39 is 0 Å². The topological polar surface area (TPSA) is 86.9 Å². The van der Waals surface area contributed by atoms with Gasteiger partial charge in [-0.2, -0.15) is 0 Å². The lowest BCUT2D eigenvalue weighted by atomic mass is 10.2. The summed E-state index contributed by atoms with van der Waals surface area (Å²) in [5.74, 6) is 0.0629. The molecule has 7 nitrogen and oxygen atoms in total. The standard InChI is InChI=1S/C20H22N4O3S2/c1-4-8-24-19(27)15(29-20(24)28)10-14-16(21-13(5-2)11-25)22-17-12(3)7-6-9-23(17)18(14)26/h4,6-7,9-10,13,21,25H,1,5,8,11H2,2-3H3. The number of fused-ring (bicyclic) bond motifs is 1. The van der Waals surface area contributed by atoms with Crippen LogP contribution in [0.2, 0.25) is 0 Å². The van der Waals surface area contributed by atoms with Gasteiger partial charge in [-0.15, -0.1) is 6.58 Å². The number of aromatic nitrogens is 2. The van der Waals surface area contributed by atoms with Gasteiger partial charge >= 0.3 is 0 Å². The zero-order valence-corrected chi connectivity index (χ0v) is 17.8. The lowest BCUT2D eigenvalue weighted by molar-refractivity contribution is -0.121. The summed E-state index contributed by atoms with van der Waals surface area (Å²) in [5.41, 5.74) is 1.31. The van der Waals surface area contributed by atoms with Crippen LogP contribution in [0.3, 0.4) is 0 Å². The molecular weight excluding hydrogens is 408 g/mol. The molecule has 0 radical (unpaired) electrons. The lowest BCUT2D eigenvalue weighted by Gasteiger charge is -2.17. The van der Waals surface area contributed by atoms with E-state index in [0.717, 1.165) is 17.3 Å². The van der Waals surface area contributed by atoms with Crippen molar-refractivity contribution in [2.24, 2.45) is 0 Å². The van der Waals surface area contributed by atoms with E-state index in [1.807, 2.05) is 19.9 Å². The number of nitrogens with zero attached hydrogens (tertiary/aromatic N) is 3. The number of rotatable bonds is 7. The maximum atomic E-state index is 13.2. The second-order valence-electron chi connectivity index (χ2n) is 6.58. The minimum Gasteiger partial charge on any atom is -0.394 e. The molecule has 1 fully saturated rings. The fourth-order valence-electron chi connectivity index (χ4n) is 2.94. The number of aliphatic hydroxyl groups excluding tert-OH is 1. The summed E-state index contributed by atoms with van der Waals surface area (Å²) in [5, 5.41) is 12.7. The van der Waals surface area contributed by atoms with Crippen LogP contribution >= 0.6 is 24.0 Å². The summed E-state index contributed by atoms with van der Waals surface area (Å²) in [6.45, 7) is 7.64. The van der Waals surface area contributed by atoms with Crippen molar-refractivity contribution in [3.63, 3.8) is 0 Å². The van der Waals surface area contributed by atoms with Gasteiger partial charge in [0.15, 0.2) is 0 Å². The molecule has 1 aliphatic heterocycles. The highest BCUT2D eigenvalue weighted by Gasteiger charge is 2.32. The summed E-state index contributed by atoms with van der Waals surface area (Å²) in [4.78, 5) is 32.3. The molecule has 0 saturated carbocycles. The fraction of sp³-hybridized carbons (Fsp3) is 0.300. The van der Waals surface area contributed by atoms with Crippen LogP contribution in [0.25, 0.3) is 11.7 Å². The van der Waals surface area contributed by atoms with E-state index in [4.69, 9.17) is 12.2 Å². The molecule has 29 heavy (non-hydrogen) atoms.